The first-order valence-electron chi connectivity index (χ1n) is 8.95. The molecule has 1 atom stereocenters. The zero-order valence-corrected chi connectivity index (χ0v) is 14.6. The van der Waals surface area contributed by atoms with E-state index in [9.17, 15) is 9.18 Å². The Hall–Kier alpha value is -2.36. The smallest absolute Gasteiger partial charge is 0.257 e. The highest BCUT2D eigenvalue weighted by Gasteiger charge is 2.25. The minimum Gasteiger partial charge on any atom is -0.493 e. The number of rotatable bonds is 4. The molecule has 132 valence electrons. The number of nitrogens with zero attached hydrogens (tertiary/aromatic N) is 1. The Kier molecular flexibility index (Phi) is 5.69. The first-order valence-corrected chi connectivity index (χ1v) is 8.95. The molecule has 1 unspecified atom stereocenters. The van der Waals surface area contributed by atoms with E-state index >= 15 is 0 Å². The van der Waals surface area contributed by atoms with E-state index in [1.54, 1.807) is 0 Å². The van der Waals surface area contributed by atoms with Crippen molar-refractivity contribution in [1.82, 2.24) is 4.90 Å². The molecule has 0 N–H and O–H groups in total. The molecule has 0 spiro atoms. The van der Waals surface area contributed by atoms with Crippen LogP contribution in [0.2, 0.25) is 0 Å². The van der Waals surface area contributed by atoms with Crippen LogP contribution in [-0.4, -0.2) is 30.5 Å². The van der Waals surface area contributed by atoms with E-state index in [0.717, 1.165) is 31.4 Å². The second-order valence-corrected chi connectivity index (χ2v) is 6.42. The van der Waals surface area contributed by atoms with E-state index < -0.39 is 0 Å². The molecule has 0 aromatic heterocycles. The van der Waals surface area contributed by atoms with Crippen LogP contribution in [0.4, 0.5) is 4.39 Å². The molecule has 1 aliphatic heterocycles. The van der Waals surface area contributed by atoms with Gasteiger partial charge in [0.15, 0.2) is 0 Å². The van der Waals surface area contributed by atoms with Gasteiger partial charge in [0.25, 0.3) is 5.91 Å². The molecular formula is C21H24FNO2. The van der Waals surface area contributed by atoms with Gasteiger partial charge < -0.3 is 9.64 Å². The lowest BCUT2D eigenvalue weighted by molar-refractivity contribution is 0.0750. The third kappa shape index (κ3) is 4.19. The summed E-state index contributed by atoms with van der Waals surface area (Å²) >= 11 is 0. The Balaban J connectivity index is 1.81. The van der Waals surface area contributed by atoms with Crippen LogP contribution in [-0.2, 0) is 0 Å². The monoisotopic (exact) mass is 341 g/mol. The fourth-order valence-corrected chi connectivity index (χ4v) is 3.43. The first kappa shape index (κ1) is 17.5. The number of halogens is 1. The quantitative estimate of drug-likeness (QED) is 0.811. The van der Waals surface area contributed by atoms with Crippen LogP contribution in [0.5, 0.6) is 5.75 Å². The number of amides is 1. The Morgan fingerprint density at radius 2 is 1.92 bits per heavy atom. The molecule has 3 rings (SSSR count). The third-order valence-electron chi connectivity index (χ3n) is 4.72. The van der Waals surface area contributed by atoms with Crippen LogP contribution >= 0.6 is 0 Å². The molecule has 0 saturated carbocycles. The van der Waals surface area contributed by atoms with E-state index in [0.29, 0.717) is 24.5 Å². The van der Waals surface area contributed by atoms with Crippen molar-refractivity contribution in [2.45, 2.75) is 32.1 Å². The molecule has 3 nitrogen and oxygen atoms in total. The lowest BCUT2D eigenvalue weighted by atomic mass is 9.94. The summed E-state index contributed by atoms with van der Waals surface area (Å²) in [7, 11) is 0. The van der Waals surface area contributed by atoms with Crippen molar-refractivity contribution in [2.24, 2.45) is 0 Å². The van der Waals surface area contributed by atoms with Crippen molar-refractivity contribution in [2.75, 3.05) is 19.7 Å². The van der Waals surface area contributed by atoms with Crippen molar-refractivity contribution in [3.8, 4) is 5.75 Å². The molecular weight excluding hydrogens is 317 g/mol. The van der Waals surface area contributed by atoms with Gasteiger partial charge in [0.05, 0.1) is 12.2 Å². The summed E-state index contributed by atoms with van der Waals surface area (Å²) in [5.74, 6) is 0.665. The summed E-state index contributed by atoms with van der Waals surface area (Å²) in [5, 5.41) is 0. The van der Waals surface area contributed by atoms with Crippen LogP contribution in [0.1, 0.15) is 48.0 Å². The molecule has 1 saturated heterocycles. The fraction of sp³-hybridized carbons (Fsp3) is 0.381. The van der Waals surface area contributed by atoms with Crippen LogP contribution in [0.15, 0.2) is 48.5 Å². The van der Waals surface area contributed by atoms with E-state index in [1.165, 1.54) is 12.1 Å². The average molecular weight is 341 g/mol. The van der Waals surface area contributed by atoms with Gasteiger partial charge in [-0.05, 0) is 49.6 Å². The van der Waals surface area contributed by atoms with E-state index in [4.69, 9.17) is 4.74 Å². The number of likely N-dealkylation sites (tertiary alicyclic amines) is 1. The van der Waals surface area contributed by atoms with Gasteiger partial charge in [0.2, 0.25) is 0 Å². The Bertz CT molecular complexity index is 714. The lowest BCUT2D eigenvalue weighted by Crippen LogP contribution is -2.34. The minimum absolute atomic E-state index is 0.0121. The van der Waals surface area contributed by atoms with Crippen molar-refractivity contribution >= 4 is 5.91 Å². The molecule has 1 fully saturated rings. The van der Waals surface area contributed by atoms with Crippen molar-refractivity contribution in [3.63, 3.8) is 0 Å². The Labute approximate surface area is 148 Å². The van der Waals surface area contributed by atoms with Crippen LogP contribution in [0.25, 0.3) is 0 Å². The zero-order chi connectivity index (χ0) is 17.6. The summed E-state index contributed by atoms with van der Waals surface area (Å²) in [6.45, 7) is 3.85. The largest absolute Gasteiger partial charge is 0.493 e. The van der Waals surface area contributed by atoms with E-state index in [2.05, 4.69) is 0 Å². The summed E-state index contributed by atoms with van der Waals surface area (Å²) in [6.07, 6.45) is 3.07. The number of ether oxygens (including phenoxy) is 1. The van der Waals surface area contributed by atoms with Gasteiger partial charge in [-0.15, -0.1) is 0 Å². The molecule has 2 aromatic carbocycles. The molecule has 2 aromatic rings. The maximum atomic E-state index is 13.2. The van der Waals surface area contributed by atoms with Crippen LogP contribution < -0.4 is 4.74 Å². The molecule has 0 radical (unpaired) electrons. The fourth-order valence-electron chi connectivity index (χ4n) is 3.43. The second-order valence-electron chi connectivity index (χ2n) is 6.42. The molecule has 1 aliphatic rings. The molecule has 1 amide bonds. The van der Waals surface area contributed by atoms with Crippen LogP contribution in [0, 0.1) is 5.82 Å². The summed E-state index contributed by atoms with van der Waals surface area (Å²) < 4.78 is 18.8. The number of carbonyl (C=O) groups is 1. The van der Waals surface area contributed by atoms with Gasteiger partial charge >= 0.3 is 0 Å². The molecule has 25 heavy (non-hydrogen) atoms. The molecule has 4 heteroatoms. The number of hydrogen-bond donors (Lipinski definition) is 0. The van der Waals surface area contributed by atoms with Crippen molar-refractivity contribution < 1.29 is 13.9 Å². The van der Waals surface area contributed by atoms with Gasteiger partial charge in [-0.2, -0.15) is 0 Å². The highest BCUT2D eigenvalue weighted by Crippen LogP contribution is 2.29. The van der Waals surface area contributed by atoms with Gasteiger partial charge in [-0.25, -0.2) is 4.39 Å². The summed E-state index contributed by atoms with van der Waals surface area (Å²) in [6, 6.07) is 14.1. The second kappa shape index (κ2) is 8.15. The average Bonchev–Trinajstić information content (AvgIpc) is 2.89. The van der Waals surface area contributed by atoms with Gasteiger partial charge in [0.1, 0.15) is 11.6 Å². The standard InChI is InChI=1S/C21H24FNO2/c1-2-25-20-9-4-3-8-19(20)21(24)23-14-6-5-7-17(15-23)16-10-12-18(22)13-11-16/h3-4,8-13,17H,2,5-7,14-15H2,1H3. The normalized spacial score (nSPS) is 17.8. The topological polar surface area (TPSA) is 29.5 Å². The lowest BCUT2D eigenvalue weighted by Gasteiger charge is -2.25. The summed E-state index contributed by atoms with van der Waals surface area (Å²) in [4.78, 5) is 15.0. The Morgan fingerprint density at radius 3 is 2.68 bits per heavy atom. The predicted molar refractivity (Wildman–Crippen MR) is 96.5 cm³/mol. The molecule has 1 heterocycles. The molecule has 0 aliphatic carbocycles. The van der Waals surface area contributed by atoms with E-state index in [1.807, 2.05) is 48.2 Å². The minimum atomic E-state index is -0.226. The highest BCUT2D eigenvalue weighted by atomic mass is 19.1. The van der Waals surface area contributed by atoms with Gasteiger partial charge in [-0.1, -0.05) is 30.7 Å². The Morgan fingerprint density at radius 1 is 1.16 bits per heavy atom. The maximum absolute atomic E-state index is 13.2. The number of para-hydroxylation sites is 1. The van der Waals surface area contributed by atoms with Gasteiger partial charge in [-0.3, -0.25) is 4.79 Å². The van der Waals surface area contributed by atoms with Crippen molar-refractivity contribution in [1.29, 1.82) is 0 Å². The number of benzene rings is 2. The van der Waals surface area contributed by atoms with Crippen LogP contribution in [0.3, 0.4) is 0 Å². The highest BCUT2D eigenvalue weighted by molar-refractivity contribution is 5.97. The summed E-state index contributed by atoms with van der Waals surface area (Å²) in [5.41, 5.74) is 1.71. The van der Waals surface area contributed by atoms with E-state index in [-0.39, 0.29) is 17.6 Å². The SMILES string of the molecule is CCOc1ccccc1C(=O)N1CCCCC(c2ccc(F)cc2)C1. The third-order valence-corrected chi connectivity index (χ3v) is 4.72. The maximum Gasteiger partial charge on any atom is 0.257 e. The predicted octanol–water partition coefficient (Wildman–Crippen LogP) is 4.63. The first-order chi connectivity index (χ1) is 12.2. The van der Waals surface area contributed by atoms with Gasteiger partial charge in [0, 0.05) is 19.0 Å². The molecule has 0 bridgehead atoms. The number of carbonyl (C=O) groups excluding carboxylic acids is 1. The zero-order valence-electron chi connectivity index (χ0n) is 14.6. The number of hydrogen-bond acceptors (Lipinski definition) is 2. The van der Waals surface area contributed by atoms with Crippen molar-refractivity contribution in [3.05, 3.63) is 65.5 Å².